The SMILES string of the molecule is CCCC(CCCl)CNc1nc2ccccc2n1C. The Hall–Kier alpha value is -1.22. The molecule has 0 saturated carbocycles. The summed E-state index contributed by atoms with van der Waals surface area (Å²) in [5, 5.41) is 3.47. The van der Waals surface area contributed by atoms with Crippen molar-refractivity contribution < 1.29 is 0 Å². The minimum Gasteiger partial charge on any atom is -0.355 e. The molecule has 0 aliphatic heterocycles. The number of rotatable bonds is 7. The van der Waals surface area contributed by atoms with Gasteiger partial charge in [0.15, 0.2) is 0 Å². The van der Waals surface area contributed by atoms with Crippen molar-refractivity contribution in [3.05, 3.63) is 24.3 Å². The van der Waals surface area contributed by atoms with Crippen LogP contribution in [0.1, 0.15) is 26.2 Å². The molecule has 1 N–H and O–H groups in total. The molecule has 0 bridgehead atoms. The van der Waals surface area contributed by atoms with Crippen LogP contribution in [0.2, 0.25) is 0 Å². The van der Waals surface area contributed by atoms with Crippen LogP contribution in [0.25, 0.3) is 11.0 Å². The van der Waals surface area contributed by atoms with E-state index in [1.165, 1.54) is 12.8 Å². The van der Waals surface area contributed by atoms with Gasteiger partial charge >= 0.3 is 0 Å². The lowest BCUT2D eigenvalue weighted by Gasteiger charge is -2.15. The quantitative estimate of drug-likeness (QED) is 0.776. The highest BCUT2D eigenvalue weighted by Gasteiger charge is 2.10. The molecule has 2 rings (SSSR count). The van der Waals surface area contributed by atoms with E-state index in [-0.39, 0.29) is 0 Å². The van der Waals surface area contributed by atoms with Crippen molar-refractivity contribution in [3.8, 4) is 0 Å². The first-order valence-electron chi connectivity index (χ1n) is 6.97. The summed E-state index contributed by atoms with van der Waals surface area (Å²) in [7, 11) is 2.05. The third-order valence-electron chi connectivity index (χ3n) is 3.55. The van der Waals surface area contributed by atoms with Crippen LogP contribution in [-0.2, 0) is 7.05 Å². The van der Waals surface area contributed by atoms with E-state index >= 15 is 0 Å². The molecule has 19 heavy (non-hydrogen) atoms. The Morgan fingerprint density at radius 1 is 1.32 bits per heavy atom. The molecular weight excluding hydrogens is 258 g/mol. The van der Waals surface area contributed by atoms with Gasteiger partial charge in [0, 0.05) is 19.5 Å². The Kier molecular flexibility index (Phi) is 5.08. The van der Waals surface area contributed by atoms with Crippen LogP contribution >= 0.6 is 11.6 Å². The molecule has 1 aromatic carbocycles. The van der Waals surface area contributed by atoms with E-state index in [1.54, 1.807) is 0 Å². The summed E-state index contributed by atoms with van der Waals surface area (Å²) in [6.07, 6.45) is 3.47. The second-order valence-electron chi connectivity index (χ2n) is 5.00. The summed E-state index contributed by atoms with van der Waals surface area (Å²) in [5.41, 5.74) is 2.20. The lowest BCUT2D eigenvalue weighted by Crippen LogP contribution is -2.16. The molecule has 2 aromatic rings. The number of fused-ring (bicyclic) bond motifs is 1. The van der Waals surface area contributed by atoms with Gasteiger partial charge in [-0.25, -0.2) is 4.98 Å². The number of para-hydroxylation sites is 2. The lowest BCUT2D eigenvalue weighted by molar-refractivity contribution is 0.488. The van der Waals surface area contributed by atoms with Crippen molar-refractivity contribution in [2.75, 3.05) is 17.7 Å². The average molecular weight is 280 g/mol. The van der Waals surface area contributed by atoms with Crippen molar-refractivity contribution in [2.24, 2.45) is 13.0 Å². The number of alkyl halides is 1. The number of imidazole rings is 1. The van der Waals surface area contributed by atoms with E-state index in [9.17, 15) is 0 Å². The van der Waals surface area contributed by atoms with E-state index in [0.717, 1.165) is 35.8 Å². The molecule has 1 atom stereocenters. The molecular formula is C15H22ClN3. The smallest absolute Gasteiger partial charge is 0.203 e. The van der Waals surface area contributed by atoms with Gasteiger partial charge in [0.25, 0.3) is 0 Å². The van der Waals surface area contributed by atoms with Crippen LogP contribution in [0.15, 0.2) is 24.3 Å². The van der Waals surface area contributed by atoms with Gasteiger partial charge in [0.1, 0.15) is 0 Å². The second-order valence-corrected chi connectivity index (χ2v) is 5.37. The van der Waals surface area contributed by atoms with Crippen molar-refractivity contribution in [2.45, 2.75) is 26.2 Å². The minimum absolute atomic E-state index is 0.627. The highest BCUT2D eigenvalue weighted by atomic mass is 35.5. The van der Waals surface area contributed by atoms with Gasteiger partial charge < -0.3 is 9.88 Å². The summed E-state index contributed by atoms with van der Waals surface area (Å²) in [5.74, 6) is 2.30. The maximum Gasteiger partial charge on any atom is 0.203 e. The fourth-order valence-electron chi connectivity index (χ4n) is 2.45. The molecule has 0 aliphatic carbocycles. The third kappa shape index (κ3) is 3.41. The zero-order valence-corrected chi connectivity index (χ0v) is 12.5. The number of anilines is 1. The molecule has 1 heterocycles. The number of halogens is 1. The first-order chi connectivity index (χ1) is 9.26. The van der Waals surface area contributed by atoms with Gasteiger partial charge in [0.05, 0.1) is 11.0 Å². The predicted molar refractivity (Wildman–Crippen MR) is 82.9 cm³/mol. The van der Waals surface area contributed by atoms with E-state index < -0.39 is 0 Å². The van der Waals surface area contributed by atoms with E-state index in [4.69, 9.17) is 11.6 Å². The van der Waals surface area contributed by atoms with Gasteiger partial charge in [-0.1, -0.05) is 25.5 Å². The second kappa shape index (κ2) is 6.80. The van der Waals surface area contributed by atoms with Crippen molar-refractivity contribution in [1.29, 1.82) is 0 Å². The molecule has 0 amide bonds. The van der Waals surface area contributed by atoms with Crippen LogP contribution in [0.4, 0.5) is 5.95 Å². The van der Waals surface area contributed by atoms with Crippen LogP contribution in [0.5, 0.6) is 0 Å². The largest absolute Gasteiger partial charge is 0.355 e. The van der Waals surface area contributed by atoms with Gasteiger partial charge in [-0.2, -0.15) is 0 Å². The Morgan fingerprint density at radius 3 is 2.79 bits per heavy atom. The Balaban J connectivity index is 2.06. The fraction of sp³-hybridized carbons (Fsp3) is 0.533. The van der Waals surface area contributed by atoms with Crippen molar-refractivity contribution in [1.82, 2.24) is 9.55 Å². The number of aromatic nitrogens is 2. The molecule has 0 spiro atoms. The van der Waals surface area contributed by atoms with Crippen LogP contribution in [0.3, 0.4) is 0 Å². The Bertz CT molecular complexity index is 515. The first-order valence-corrected chi connectivity index (χ1v) is 7.51. The van der Waals surface area contributed by atoms with Crippen LogP contribution in [0, 0.1) is 5.92 Å². The standard InChI is InChI=1S/C15H22ClN3/c1-3-6-12(9-10-16)11-17-15-18-13-7-4-5-8-14(13)19(15)2/h4-5,7-8,12H,3,6,9-11H2,1-2H3,(H,17,18). The summed E-state index contributed by atoms with van der Waals surface area (Å²) in [6.45, 7) is 3.16. The average Bonchev–Trinajstić information content (AvgIpc) is 2.74. The third-order valence-corrected chi connectivity index (χ3v) is 3.77. The van der Waals surface area contributed by atoms with E-state index in [0.29, 0.717) is 5.92 Å². The topological polar surface area (TPSA) is 29.9 Å². The zero-order chi connectivity index (χ0) is 13.7. The van der Waals surface area contributed by atoms with Gasteiger partial charge in [-0.05, 0) is 30.9 Å². The molecule has 104 valence electrons. The van der Waals surface area contributed by atoms with Crippen LogP contribution in [-0.4, -0.2) is 22.0 Å². The Morgan fingerprint density at radius 2 is 2.11 bits per heavy atom. The maximum absolute atomic E-state index is 5.86. The molecule has 4 heteroatoms. The predicted octanol–water partition coefficient (Wildman–Crippen LogP) is 4.03. The fourth-order valence-corrected chi connectivity index (χ4v) is 2.76. The molecule has 0 radical (unpaired) electrons. The summed E-state index contributed by atoms with van der Waals surface area (Å²) >= 11 is 5.86. The van der Waals surface area contributed by atoms with Gasteiger partial charge in [0.2, 0.25) is 5.95 Å². The summed E-state index contributed by atoms with van der Waals surface area (Å²) in [4.78, 5) is 4.62. The first kappa shape index (κ1) is 14.2. The number of nitrogens with one attached hydrogen (secondary N) is 1. The monoisotopic (exact) mass is 279 g/mol. The number of benzene rings is 1. The maximum atomic E-state index is 5.86. The number of aryl methyl sites for hydroxylation is 1. The number of hydrogen-bond donors (Lipinski definition) is 1. The highest BCUT2D eigenvalue weighted by molar-refractivity contribution is 6.17. The molecule has 0 aliphatic rings. The van der Waals surface area contributed by atoms with Crippen molar-refractivity contribution >= 4 is 28.6 Å². The lowest BCUT2D eigenvalue weighted by atomic mass is 10.0. The normalized spacial score (nSPS) is 12.8. The summed E-state index contributed by atoms with van der Waals surface area (Å²) in [6, 6.07) is 8.20. The molecule has 1 aromatic heterocycles. The molecule has 0 fully saturated rings. The molecule has 0 saturated heterocycles. The zero-order valence-electron chi connectivity index (χ0n) is 11.7. The van der Waals surface area contributed by atoms with E-state index in [1.807, 2.05) is 25.2 Å². The van der Waals surface area contributed by atoms with Gasteiger partial charge in [-0.15, -0.1) is 11.6 Å². The summed E-state index contributed by atoms with van der Waals surface area (Å²) < 4.78 is 2.11. The molecule has 3 nitrogen and oxygen atoms in total. The van der Waals surface area contributed by atoms with Crippen LogP contribution < -0.4 is 5.32 Å². The minimum atomic E-state index is 0.627. The van der Waals surface area contributed by atoms with Gasteiger partial charge in [-0.3, -0.25) is 0 Å². The molecule has 1 unspecified atom stereocenters. The number of nitrogens with zero attached hydrogens (tertiary/aromatic N) is 2. The van der Waals surface area contributed by atoms with Crippen molar-refractivity contribution in [3.63, 3.8) is 0 Å². The Labute approximate surface area is 120 Å². The highest BCUT2D eigenvalue weighted by Crippen LogP contribution is 2.19. The van der Waals surface area contributed by atoms with E-state index in [2.05, 4.69) is 27.9 Å². The number of hydrogen-bond acceptors (Lipinski definition) is 2.